The van der Waals surface area contributed by atoms with Crippen LogP contribution in [0.2, 0.25) is 0 Å². The van der Waals surface area contributed by atoms with E-state index in [-0.39, 0.29) is 11.8 Å². The van der Waals surface area contributed by atoms with Crippen molar-refractivity contribution >= 4 is 11.4 Å². The van der Waals surface area contributed by atoms with Crippen molar-refractivity contribution in [3.05, 3.63) is 28.3 Å². The van der Waals surface area contributed by atoms with Gasteiger partial charge in [0.25, 0.3) is 5.69 Å². The van der Waals surface area contributed by atoms with Crippen molar-refractivity contribution in [2.45, 2.75) is 18.9 Å². The molecule has 1 aliphatic rings. The minimum absolute atomic E-state index is 0.0264. The molecule has 0 aromatic heterocycles. The maximum Gasteiger partial charge on any atom is 0.273 e. The SMILES string of the molecule is Nc1ccc([N+](=O)[O-])cc1OCC1CCCO1. The predicted octanol–water partition coefficient (Wildman–Crippen LogP) is 1.73. The highest BCUT2D eigenvalue weighted by Gasteiger charge is 2.17. The topological polar surface area (TPSA) is 87.6 Å². The number of nitrogen functional groups attached to an aromatic ring is 1. The average Bonchev–Trinajstić information content (AvgIpc) is 2.80. The highest BCUT2D eigenvalue weighted by Crippen LogP contribution is 2.27. The number of rotatable bonds is 4. The van der Waals surface area contributed by atoms with Crippen molar-refractivity contribution in [3.8, 4) is 5.75 Å². The first-order chi connectivity index (χ1) is 8.16. The van der Waals surface area contributed by atoms with Gasteiger partial charge < -0.3 is 15.2 Å². The van der Waals surface area contributed by atoms with Gasteiger partial charge >= 0.3 is 0 Å². The highest BCUT2D eigenvalue weighted by molar-refractivity contribution is 5.57. The lowest BCUT2D eigenvalue weighted by Gasteiger charge is -2.12. The highest BCUT2D eigenvalue weighted by atomic mass is 16.6. The molecule has 1 saturated heterocycles. The third-order valence-electron chi connectivity index (χ3n) is 2.66. The van der Waals surface area contributed by atoms with E-state index in [2.05, 4.69) is 0 Å². The summed E-state index contributed by atoms with van der Waals surface area (Å²) in [7, 11) is 0. The molecule has 17 heavy (non-hydrogen) atoms. The Kier molecular flexibility index (Phi) is 3.43. The second-order valence-electron chi connectivity index (χ2n) is 3.93. The van der Waals surface area contributed by atoms with E-state index >= 15 is 0 Å². The van der Waals surface area contributed by atoms with Gasteiger partial charge in [-0.1, -0.05) is 0 Å². The van der Waals surface area contributed by atoms with Gasteiger partial charge in [0.1, 0.15) is 12.4 Å². The number of non-ortho nitro benzene ring substituents is 1. The van der Waals surface area contributed by atoms with Gasteiger partial charge in [-0.15, -0.1) is 0 Å². The maximum atomic E-state index is 10.6. The second kappa shape index (κ2) is 5.01. The lowest BCUT2D eigenvalue weighted by Crippen LogP contribution is -2.16. The number of nitrogens with two attached hydrogens (primary N) is 1. The number of nitro benzene ring substituents is 1. The minimum Gasteiger partial charge on any atom is -0.488 e. The zero-order chi connectivity index (χ0) is 12.3. The van der Waals surface area contributed by atoms with Gasteiger partial charge in [0.15, 0.2) is 0 Å². The normalized spacial score (nSPS) is 19.2. The quantitative estimate of drug-likeness (QED) is 0.490. The van der Waals surface area contributed by atoms with Crippen molar-refractivity contribution in [2.75, 3.05) is 18.9 Å². The van der Waals surface area contributed by atoms with E-state index in [4.69, 9.17) is 15.2 Å². The van der Waals surface area contributed by atoms with Crippen LogP contribution in [0.4, 0.5) is 11.4 Å². The molecule has 1 atom stereocenters. The fraction of sp³-hybridized carbons (Fsp3) is 0.455. The summed E-state index contributed by atoms with van der Waals surface area (Å²) in [5, 5.41) is 10.6. The Bertz CT molecular complexity index is 416. The van der Waals surface area contributed by atoms with Gasteiger partial charge in [-0.05, 0) is 18.9 Å². The largest absolute Gasteiger partial charge is 0.488 e. The number of hydrogen-bond donors (Lipinski definition) is 1. The van der Waals surface area contributed by atoms with Crippen LogP contribution < -0.4 is 10.5 Å². The molecule has 1 fully saturated rings. The molecule has 2 rings (SSSR count). The Morgan fingerprint density at radius 3 is 3.06 bits per heavy atom. The Balaban J connectivity index is 2.03. The van der Waals surface area contributed by atoms with Crippen molar-refractivity contribution in [1.82, 2.24) is 0 Å². The van der Waals surface area contributed by atoms with E-state index in [0.717, 1.165) is 19.4 Å². The average molecular weight is 238 g/mol. The van der Waals surface area contributed by atoms with Gasteiger partial charge in [0.2, 0.25) is 0 Å². The van der Waals surface area contributed by atoms with Crippen LogP contribution in [0, 0.1) is 10.1 Å². The molecule has 1 heterocycles. The molecule has 6 heteroatoms. The molecular weight excluding hydrogens is 224 g/mol. The van der Waals surface area contributed by atoms with Crippen LogP contribution in [0.25, 0.3) is 0 Å². The van der Waals surface area contributed by atoms with E-state index in [1.165, 1.54) is 18.2 Å². The van der Waals surface area contributed by atoms with E-state index in [9.17, 15) is 10.1 Å². The number of ether oxygens (including phenoxy) is 2. The number of benzene rings is 1. The van der Waals surface area contributed by atoms with Crippen molar-refractivity contribution in [3.63, 3.8) is 0 Å². The molecule has 6 nitrogen and oxygen atoms in total. The zero-order valence-electron chi connectivity index (χ0n) is 9.30. The van der Waals surface area contributed by atoms with E-state index in [0.29, 0.717) is 18.0 Å². The van der Waals surface area contributed by atoms with Crippen LogP contribution in [0.15, 0.2) is 18.2 Å². The van der Waals surface area contributed by atoms with Crippen molar-refractivity contribution in [2.24, 2.45) is 0 Å². The van der Waals surface area contributed by atoms with Crippen LogP contribution >= 0.6 is 0 Å². The molecule has 0 saturated carbocycles. The monoisotopic (exact) mass is 238 g/mol. The predicted molar refractivity (Wildman–Crippen MR) is 62.0 cm³/mol. The van der Waals surface area contributed by atoms with Crippen LogP contribution in [0.5, 0.6) is 5.75 Å². The lowest BCUT2D eigenvalue weighted by atomic mass is 10.2. The summed E-state index contributed by atoms with van der Waals surface area (Å²) < 4.78 is 10.8. The number of nitrogens with zero attached hydrogens (tertiary/aromatic N) is 1. The summed E-state index contributed by atoms with van der Waals surface area (Å²) in [6.07, 6.45) is 2.04. The minimum atomic E-state index is -0.474. The third kappa shape index (κ3) is 2.85. The summed E-state index contributed by atoms with van der Waals surface area (Å²) in [5.41, 5.74) is 6.06. The molecule has 2 N–H and O–H groups in total. The molecule has 92 valence electrons. The fourth-order valence-corrected chi connectivity index (χ4v) is 1.72. The summed E-state index contributed by atoms with van der Waals surface area (Å²) in [4.78, 5) is 10.1. The van der Waals surface area contributed by atoms with Crippen molar-refractivity contribution < 1.29 is 14.4 Å². The molecule has 1 unspecified atom stereocenters. The number of anilines is 1. The van der Waals surface area contributed by atoms with Gasteiger partial charge in [0, 0.05) is 12.7 Å². The molecular formula is C11H14N2O4. The first-order valence-electron chi connectivity index (χ1n) is 5.45. The molecule has 0 spiro atoms. The molecule has 1 aromatic carbocycles. The standard InChI is InChI=1S/C11H14N2O4/c12-10-4-3-8(13(14)15)6-11(10)17-7-9-2-1-5-16-9/h3-4,6,9H,1-2,5,7,12H2. The van der Waals surface area contributed by atoms with Crippen molar-refractivity contribution in [1.29, 1.82) is 0 Å². The Hall–Kier alpha value is -1.82. The summed E-state index contributed by atoms with van der Waals surface area (Å²) in [6, 6.07) is 4.17. The van der Waals surface area contributed by atoms with E-state index < -0.39 is 4.92 Å². The van der Waals surface area contributed by atoms with E-state index in [1.54, 1.807) is 0 Å². The van der Waals surface area contributed by atoms with Crippen LogP contribution in [-0.2, 0) is 4.74 Å². The fourth-order valence-electron chi connectivity index (χ4n) is 1.72. The zero-order valence-corrected chi connectivity index (χ0v) is 9.30. The van der Waals surface area contributed by atoms with Gasteiger partial charge in [-0.2, -0.15) is 0 Å². The molecule has 0 aliphatic carbocycles. The first kappa shape index (κ1) is 11.7. The number of hydrogen-bond acceptors (Lipinski definition) is 5. The Morgan fingerprint density at radius 2 is 2.41 bits per heavy atom. The third-order valence-corrected chi connectivity index (χ3v) is 2.66. The number of nitro groups is 1. The first-order valence-corrected chi connectivity index (χ1v) is 5.45. The second-order valence-corrected chi connectivity index (χ2v) is 3.93. The Morgan fingerprint density at radius 1 is 1.59 bits per heavy atom. The van der Waals surface area contributed by atoms with Crippen LogP contribution in [0.1, 0.15) is 12.8 Å². The van der Waals surface area contributed by atoms with Crippen LogP contribution in [-0.4, -0.2) is 24.2 Å². The van der Waals surface area contributed by atoms with Gasteiger partial charge in [0.05, 0.1) is 22.8 Å². The summed E-state index contributed by atoms with van der Waals surface area (Å²) in [5.74, 6) is 0.342. The van der Waals surface area contributed by atoms with E-state index in [1.807, 2.05) is 0 Å². The summed E-state index contributed by atoms with van der Waals surface area (Å²) >= 11 is 0. The Labute approximate surface area is 98.5 Å². The van der Waals surface area contributed by atoms with Crippen LogP contribution in [0.3, 0.4) is 0 Å². The smallest absolute Gasteiger partial charge is 0.273 e. The molecule has 0 bridgehead atoms. The van der Waals surface area contributed by atoms with Gasteiger partial charge in [-0.3, -0.25) is 10.1 Å². The molecule has 0 radical (unpaired) electrons. The molecule has 1 aliphatic heterocycles. The maximum absolute atomic E-state index is 10.6. The summed E-state index contributed by atoms with van der Waals surface area (Å²) in [6.45, 7) is 1.13. The lowest BCUT2D eigenvalue weighted by molar-refractivity contribution is -0.384. The van der Waals surface area contributed by atoms with Gasteiger partial charge in [-0.25, -0.2) is 0 Å². The molecule has 0 amide bonds. The molecule has 1 aromatic rings.